The molecule has 0 aliphatic rings. The molecule has 0 saturated carbocycles. The van der Waals surface area contributed by atoms with Gasteiger partial charge in [-0.25, -0.2) is 0 Å². The molecule has 26 heavy (non-hydrogen) atoms. The fourth-order valence-electron chi connectivity index (χ4n) is 2.62. The molecule has 9 nitrogen and oxygen atoms in total. The molecule has 2 aromatic carbocycles. The number of hydrogen-bond acceptors (Lipinski definition) is 7. The second kappa shape index (κ2) is 6.18. The van der Waals surface area contributed by atoms with E-state index in [0.717, 1.165) is 12.1 Å². The first kappa shape index (κ1) is 18.5. The normalized spacial score (nSPS) is 11.8. The Balaban J connectivity index is 2.41. The van der Waals surface area contributed by atoms with Gasteiger partial charge in [-0.05, 0) is 0 Å². The van der Waals surface area contributed by atoms with Gasteiger partial charge in [0.2, 0.25) is 0 Å². The van der Waals surface area contributed by atoms with Crippen LogP contribution in [0.5, 0.6) is 28.7 Å². The molecule has 3 rings (SSSR count). The standard InChI is InChI=1S/C15H9O9S.Na/c16-8-2-1-6(3-9(8)17)14-10(18)4-7-12(24-14)5-11(19)15(13(7)20)25(21,22)23;/h1-3,5H,(H5-,16,17,18,19,20,21,22,23);/p+1. The van der Waals surface area contributed by atoms with Crippen LogP contribution < -0.4 is 2.81 Å². The number of phenolic OH excluding ortho intramolecular Hbond substituents is 4. The average Bonchev–Trinajstić information content (AvgIpc) is 2.51. The zero-order valence-electron chi connectivity index (χ0n) is 13.1. The molecule has 0 radical (unpaired) electrons. The van der Waals surface area contributed by atoms with Crippen molar-refractivity contribution in [3.63, 3.8) is 0 Å². The van der Waals surface area contributed by atoms with Gasteiger partial charge >= 0.3 is 164 Å². The van der Waals surface area contributed by atoms with Crippen LogP contribution in [0.3, 0.4) is 0 Å². The number of rotatable bonds is 2. The van der Waals surface area contributed by atoms with Crippen LogP contribution in [-0.4, -0.2) is 66.4 Å². The SMILES string of the molecule is O=S(=O)(O)c1c(O)cc2[o+]c(-c3ccc(O)c(O)c3)c(O)[c]([Na])c2c1O. The van der Waals surface area contributed by atoms with Gasteiger partial charge in [0.1, 0.15) is 0 Å². The molecule has 11 heteroatoms. The summed E-state index contributed by atoms with van der Waals surface area (Å²) in [4.78, 5) is -1.09. The molecule has 0 aliphatic carbocycles. The van der Waals surface area contributed by atoms with E-state index >= 15 is 0 Å². The van der Waals surface area contributed by atoms with E-state index < -0.39 is 38.0 Å². The molecule has 6 N–H and O–H groups in total. The Morgan fingerprint density at radius 1 is 0.885 bits per heavy atom. The molecule has 0 saturated heterocycles. The summed E-state index contributed by atoms with van der Waals surface area (Å²) in [6.07, 6.45) is 0. The van der Waals surface area contributed by atoms with Crippen molar-refractivity contribution in [2.45, 2.75) is 4.90 Å². The zero-order chi connectivity index (χ0) is 19.4. The summed E-state index contributed by atoms with van der Waals surface area (Å²) in [6, 6.07) is 4.54. The summed E-state index contributed by atoms with van der Waals surface area (Å²) in [5.74, 6) is -3.28. The van der Waals surface area contributed by atoms with Gasteiger partial charge < -0.3 is 0 Å². The third-order valence-electron chi connectivity index (χ3n) is 3.85. The van der Waals surface area contributed by atoms with Gasteiger partial charge in [-0.3, -0.25) is 0 Å². The van der Waals surface area contributed by atoms with Crippen molar-refractivity contribution in [2.75, 3.05) is 0 Å². The van der Waals surface area contributed by atoms with E-state index in [1.165, 1.54) is 12.1 Å². The number of hydrogen-bond donors (Lipinski definition) is 6. The summed E-state index contributed by atoms with van der Waals surface area (Å²) < 4.78 is 37.5. The molecule has 130 valence electrons. The predicted octanol–water partition coefficient (Wildman–Crippen LogP) is 0.949. The summed E-state index contributed by atoms with van der Waals surface area (Å²) in [5, 5.41) is 49.3. The summed E-state index contributed by atoms with van der Waals surface area (Å²) in [6.45, 7) is 0. The quantitative estimate of drug-likeness (QED) is 0.162. The van der Waals surface area contributed by atoms with Gasteiger partial charge in [0, 0.05) is 0 Å². The van der Waals surface area contributed by atoms with Crippen molar-refractivity contribution in [1.29, 1.82) is 0 Å². The minimum absolute atomic E-state index is 0.127. The first-order valence-electron chi connectivity index (χ1n) is 7.06. The number of phenols is 4. The first-order valence-corrected chi connectivity index (χ1v) is 9.50. The molecule has 1 aromatic heterocycles. The Bertz CT molecular complexity index is 1170. The Morgan fingerprint density at radius 3 is 2.12 bits per heavy atom. The topological polar surface area (TPSA) is 167 Å². The molecule has 0 fully saturated rings. The van der Waals surface area contributed by atoms with Crippen molar-refractivity contribution in [3.8, 4) is 40.1 Å². The van der Waals surface area contributed by atoms with Crippen molar-refractivity contribution in [3.05, 3.63) is 24.3 Å². The van der Waals surface area contributed by atoms with E-state index in [1.54, 1.807) is 0 Å². The molecule has 0 unspecified atom stereocenters. The van der Waals surface area contributed by atoms with E-state index in [0.29, 0.717) is 0 Å². The fourth-order valence-corrected chi connectivity index (χ4v) is 4.00. The van der Waals surface area contributed by atoms with Gasteiger partial charge in [0.05, 0.1) is 0 Å². The Kier molecular flexibility index (Phi) is 4.41. The van der Waals surface area contributed by atoms with Crippen LogP contribution in [0.2, 0.25) is 0 Å². The summed E-state index contributed by atoms with van der Waals surface area (Å²) >= 11 is 0.127. The Hall–Kier alpha value is -2.24. The van der Waals surface area contributed by atoms with E-state index in [2.05, 4.69) is 0 Å². The van der Waals surface area contributed by atoms with Gasteiger partial charge in [-0.1, -0.05) is 0 Å². The van der Waals surface area contributed by atoms with Gasteiger partial charge in [-0.2, -0.15) is 0 Å². The van der Waals surface area contributed by atoms with E-state index in [4.69, 9.17) is 4.42 Å². The second-order valence-electron chi connectivity index (χ2n) is 5.53. The van der Waals surface area contributed by atoms with Crippen LogP contribution in [0.1, 0.15) is 0 Å². The number of aromatic hydroxyl groups is 5. The maximum absolute atomic E-state index is 11.4. The second-order valence-corrected chi connectivity index (χ2v) is 7.89. The molecule has 0 aliphatic heterocycles. The fraction of sp³-hybridized carbons (Fsp3) is 0. The zero-order valence-corrected chi connectivity index (χ0v) is 15.9. The molecular weight excluding hydrogens is 379 g/mol. The molecule has 0 amide bonds. The third-order valence-corrected chi connectivity index (χ3v) is 5.74. The van der Waals surface area contributed by atoms with Crippen molar-refractivity contribution >= 4 is 51.8 Å². The minimum atomic E-state index is -4.93. The summed E-state index contributed by atoms with van der Waals surface area (Å²) in [5.41, 5.74) is 0.0346. The molecular formula is C15H10NaO9S+. The van der Waals surface area contributed by atoms with Crippen LogP contribution in [0.25, 0.3) is 22.3 Å². The third kappa shape index (κ3) is 2.91. The van der Waals surface area contributed by atoms with Gasteiger partial charge in [0.15, 0.2) is 0 Å². The molecule has 3 aromatic rings. The summed E-state index contributed by atoms with van der Waals surface area (Å²) in [7, 11) is -4.93. The predicted molar refractivity (Wildman–Crippen MR) is 89.6 cm³/mol. The van der Waals surface area contributed by atoms with Crippen molar-refractivity contribution in [2.24, 2.45) is 0 Å². The van der Waals surface area contributed by atoms with Crippen LogP contribution >= 0.6 is 0 Å². The van der Waals surface area contributed by atoms with Crippen molar-refractivity contribution < 1.29 is 42.9 Å². The Morgan fingerprint density at radius 2 is 1.54 bits per heavy atom. The van der Waals surface area contributed by atoms with Crippen LogP contribution in [0.4, 0.5) is 0 Å². The number of fused-ring (bicyclic) bond motifs is 1. The molecule has 0 atom stereocenters. The molecule has 0 bridgehead atoms. The molecule has 0 spiro atoms. The van der Waals surface area contributed by atoms with Crippen molar-refractivity contribution in [1.82, 2.24) is 0 Å². The van der Waals surface area contributed by atoms with Crippen LogP contribution in [0.15, 0.2) is 33.6 Å². The monoisotopic (exact) mass is 389 g/mol. The maximum atomic E-state index is 11.4. The van der Waals surface area contributed by atoms with E-state index in [-0.39, 0.29) is 58.8 Å². The van der Waals surface area contributed by atoms with Crippen LogP contribution in [0, 0.1) is 0 Å². The van der Waals surface area contributed by atoms with Gasteiger partial charge in [-0.15, -0.1) is 0 Å². The number of benzene rings is 2. The Labute approximate surface area is 163 Å². The van der Waals surface area contributed by atoms with E-state index in [1.807, 2.05) is 0 Å². The van der Waals surface area contributed by atoms with E-state index in [9.17, 15) is 38.5 Å². The first-order chi connectivity index (χ1) is 12.0. The molecule has 1 heterocycles. The average molecular weight is 389 g/mol. The van der Waals surface area contributed by atoms with Crippen LogP contribution in [-0.2, 0) is 10.1 Å². The van der Waals surface area contributed by atoms with Gasteiger partial charge in [0.25, 0.3) is 0 Å².